The number of ether oxygens (including phenoxy) is 3. The molecule has 1 N–H and O–H groups in total. The molecule has 3 aromatic carbocycles. The quantitative estimate of drug-likeness (QED) is 0.446. The SMILES string of the molecule is COc1cc(-c2nc3ccccc3c(=O)n2NC(=O)c2cc(C)c(C)cc2C)cc(OC)c1OC. The molecule has 1 heterocycles. The van der Waals surface area contributed by atoms with Crippen LogP contribution in [0, 0.1) is 20.8 Å². The molecule has 35 heavy (non-hydrogen) atoms. The third kappa shape index (κ3) is 4.30. The number of amides is 1. The minimum absolute atomic E-state index is 0.225. The number of benzene rings is 3. The zero-order valence-corrected chi connectivity index (χ0v) is 20.6. The van der Waals surface area contributed by atoms with Crippen molar-refractivity contribution >= 4 is 16.8 Å². The summed E-state index contributed by atoms with van der Waals surface area (Å²) < 4.78 is 17.6. The molecule has 0 radical (unpaired) electrons. The molecule has 0 aliphatic heterocycles. The Morgan fingerprint density at radius 3 is 2.11 bits per heavy atom. The lowest BCUT2D eigenvalue weighted by molar-refractivity contribution is 0.101. The Hall–Kier alpha value is -4.33. The van der Waals surface area contributed by atoms with Crippen LogP contribution in [0.5, 0.6) is 17.2 Å². The van der Waals surface area contributed by atoms with Crippen LogP contribution in [-0.2, 0) is 0 Å². The molecule has 0 fully saturated rings. The first-order chi connectivity index (χ1) is 16.8. The fourth-order valence-electron chi connectivity index (χ4n) is 4.01. The van der Waals surface area contributed by atoms with E-state index in [1.807, 2.05) is 32.9 Å². The Kier molecular flexibility index (Phi) is 6.46. The minimum atomic E-state index is -0.418. The second-order valence-corrected chi connectivity index (χ2v) is 8.20. The summed E-state index contributed by atoms with van der Waals surface area (Å²) in [7, 11) is 4.52. The van der Waals surface area contributed by atoms with Gasteiger partial charge in [-0.15, -0.1) is 0 Å². The lowest BCUT2D eigenvalue weighted by Crippen LogP contribution is -2.35. The van der Waals surface area contributed by atoms with Crippen LogP contribution in [0.3, 0.4) is 0 Å². The van der Waals surface area contributed by atoms with Crippen molar-refractivity contribution < 1.29 is 19.0 Å². The van der Waals surface area contributed by atoms with E-state index in [4.69, 9.17) is 19.2 Å². The van der Waals surface area contributed by atoms with Gasteiger partial charge in [0.15, 0.2) is 17.3 Å². The highest BCUT2D eigenvalue weighted by molar-refractivity contribution is 6.02. The van der Waals surface area contributed by atoms with E-state index < -0.39 is 11.5 Å². The Bertz CT molecular complexity index is 1480. The summed E-state index contributed by atoms with van der Waals surface area (Å²) in [6.45, 7) is 5.80. The van der Waals surface area contributed by atoms with Crippen molar-refractivity contribution in [2.45, 2.75) is 20.8 Å². The van der Waals surface area contributed by atoms with Crippen LogP contribution < -0.4 is 25.2 Å². The number of methoxy groups -OCH3 is 3. The van der Waals surface area contributed by atoms with E-state index in [-0.39, 0.29) is 5.82 Å². The number of rotatable bonds is 6. The van der Waals surface area contributed by atoms with Gasteiger partial charge in [-0.05, 0) is 67.8 Å². The summed E-state index contributed by atoms with van der Waals surface area (Å²) in [6.07, 6.45) is 0. The molecule has 0 unspecified atom stereocenters. The second-order valence-electron chi connectivity index (χ2n) is 8.20. The molecule has 8 heteroatoms. The largest absolute Gasteiger partial charge is 0.493 e. The Labute approximate surface area is 203 Å². The minimum Gasteiger partial charge on any atom is -0.493 e. The van der Waals surface area contributed by atoms with Gasteiger partial charge in [0.05, 0.1) is 32.2 Å². The summed E-state index contributed by atoms with van der Waals surface area (Å²) >= 11 is 0. The van der Waals surface area contributed by atoms with E-state index in [9.17, 15) is 9.59 Å². The van der Waals surface area contributed by atoms with Gasteiger partial charge in [0.2, 0.25) is 5.75 Å². The van der Waals surface area contributed by atoms with Gasteiger partial charge < -0.3 is 14.2 Å². The maximum Gasteiger partial charge on any atom is 0.280 e. The molecular formula is C27H27N3O5. The van der Waals surface area contributed by atoms with Crippen molar-refractivity contribution in [3.8, 4) is 28.6 Å². The molecule has 0 aliphatic carbocycles. The van der Waals surface area contributed by atoms with Crippen molar-refractivity contribution in [2.24, 2.45) is 0 Å². The number of hydrogen-bond acceptors (Lipinski definition) is 6. The van der Waals surface area contributed by atoms with E-state index in [2.05, 4.69) is 5.43 Å². The number of aromatic nitrogens is 2. The van der Waals surface area contributed by atoms with Gasteiger partial charge in [0, 0.05) is 11.1 Å². The number of para-hydroxylation sites is 1. The maximum absolute atomic E-state index is 13.5. The molecule has 4 rings (SSSR count). The van der Waals surface area contributed by atoms with Gasteiger partial charge in [0.25, 0.3) is 11.5 Å². The van der Waals surface area contributed by atoms with Gasteiger partial charge in [-0.25, -0.2) is 4.98 Å². The molecule has 0 bridgehead atoms. The van der Waals surface area contributed by atoms with Gasteiger partial charge in [0.1, 0.15) is 0 Å². The van der Waals surface area contributed by atoms with Gasteiger partial charge in [-0.1, -0.05) is 18.2 Å². The van der Waals surface area contributed by atoms with E-state index in [1.54, 1.807) is 36.4 Å². The van der Waals surface area contributed by atoms with Crippen LogP contribution in [0.1, 0.15) is 27.0 Å². The Balaban J connectivity index is 1.95. The summed E-state index contributed by atoms with van der Waals surface area (Å²) in [5.41, 5.74) is 6.70. The monoisotopic (exact) mass is 473 g/mol. The first-order valence-electron chi connectivity index (χ1n) is 11.0. The van der Waals surface area contributed by atoms with Crippen LogP contribution in [-0.4, -0.2) is 36.9 Å². The summed E-state index contributed by atoms with van der Waals surface area (Å²) in [4.78, 5) is 31.6. The second kappa shape index (κ2) is 9.50. The molecule has 8 nitrogen and oxygen atoms in total. The normalized spacial score (nSPS) is 10.8. The van der Waals surface area contributed by atoms with Crippen molar-refractivity contribution in [2.75, 3.05) is 26.8 Å². The number of aryl methyl sites for hydroxylation is 3. The Morgan fingerprint density at radius 1 is 0.857 bits per heavy atom. The topological polar surface area (TPSA) is 91.7 Å². The van der Waals surface area contributed by atoms with E-state index in [1.165, 1.54) is 26.0 Å². The van der Waals surface area contributed by atoms with Crippen molar-refractivity contribution in [1.29, 1.82) is 0 Å². The van der Waals surface area contributed by atoms with E-state index >= 15 is 0 Å². The van der Waals surface area contributed by atoms with Gasteiger partial charge in [-0.2, -0.15) is 4.68 Å². The lowest BCUT2D eigenvalue weighted by atomic mass is 10.0. The Morgan fingerprint density at radius 2 is 1.49 bits per heavy atom. The third-order valence-corrected chi connectivity index (χ3v) is 6.00. The van der Waals surface area contributed by atoms with Crippen LogP contribution >= 0.6 is 0 Å². The maximum atomic E-state index is 13.5. The lowest BCUT2D eigenvalue weighted by Gasteiger charge is -2.18. The fourth-order valence-corrected chi connectivity index (χ4v) is 4.01. The number of nitrogens with one attached hydrogen (secondary N) is 1. The number of fused-ring (bicyclic) bond motifs is 1. The standard InChI is InChI=1S/C27H27N3O5/c1-15-11-17(3)20(12-16(15)2)26(31)29-30-25(28-21-10-8-7-9-19(21)27(30)32)18-13-22(33-4)24(35-6)23(14-18)34-5/h7-14H,1-6H3,(H,29,31). The highest BCUT2D eigenvalue weighted by Gasteiger charge is 2.21. The molecule has 0 saturated heterocycles. The van der Waals surface area contributed by atoms with E-state index in [0.29, 0.717) is 39.3 Å². The predicted octanol–water partition coefficient (Wildman–Crippen LogP) is 4.40. The van der Waals surface area contributed by atoms with Gasteiger partial charge >= 0.3 is 0 Å². The molecule has 1 aromatic heterocycles. The number of hydrogen-bond donors (Lipinski definition) is 1. The summed E-state index contributed by atoms with van der Waals surface area (Å²) in [5, 5.41) is 0.376. The number of nitrogens with zero attached hydrogens (tertiary/aromatic N) is 2. The number of carbonyl (C=O) groups is 1. The zero-order valence-electron chi connectivity index (χ0n) is 20.6. The fraction of sp³-hybridized carbons (Fsp3) is 0.222. The zero-order chi connectivity index (χ0) is 25.3. The van der Waals surface area contributed by atoms with Crippen molar-refractivity contribution in [1.82, 2.24) is 9.66 Å². The molecular weight excluding hydrogens is 446 g/mol. The molecule has 0 aliphatic rings. The highest BCUT2D eigenvalue weighted by atomic mass is 16.5. The van der Waals surface area contributed by atoms with Gasteiger partial charge in [-0.3, -0.25) is 15.0 Å². The first-order valence-corrected chi connectivity index (χ1v) is 11.0. The molecule has 180 valence electrons. The first kappa shape index (κ1) is 23.8. The molecule has 0 atom stereocenters. The van der Waals surface area contributed by atoms with Crippen LogP contribution in [0.15, 0.2) is 53.3 Å². The molecule has 0 saturated carbocycles. The number of carbonyl (C=O) groups excluding carboxylic acids is 1. The summed E-state index contributed by atoms with van der Waals surface area (Å²) in [5.74, 6) is 1.00. The van der Waals surface area contributed by atoms with Crippen molar-refractivity contribution in [3.63, 3.8) is 0 Å². The average Bonchev–Trinajstić information content (AvgIpc) is 2.86. The van der Waals surface area contributed by atoms with Crippen LogP contribution in [0.25, 0.3) is 22.3 Å². The molecule has 1 amide bonds. The van der Waals surface area contributed by atoms with Crippen LogP contribution in [0.4, 0.5) is 0 Å². The highest BCUT2D eigenvalue weighted by Crippen LogP contribution is 2.40. The summed E-state index contributed by atoms with van der Waals surface area (Å²) in [6, 6.07) is 14.1. The molecule has 4 aromatic rings. The molecule has 0 spiro atoms. The van der Waals surface area contributed by atoms with Crippen LogP contribution in [0.2, 0.25) is 0 Å². The smallest absolute Gasteiger partial charge is 0.280 e. The third-order valence-electron chi connectivity index (χ3n) is 6.00. The average molecular weight is 474 g/mol. The predicted molar refractivity (Wildman–Crippen MR) is 135 cm³/mol. The van der Waals surface area contributed by atoms with Crippen molar-refractivity contribution in [3.05, 3.63) is 81.1 Å². The van der Waals surface area contributed by atoms with E-state index in [0.717, 1.165) is 16.7 Å².